The number of methoxy groups -OCH3 is 2. The molecule has 2 aromatic carbocycles. The summed E-state index contributed by atoms with van der Waals surface area (Å²) in [5.74, 6) is 1.27. The molecule has 1 aromatic heterocycles. The molecule has 0 unspecified atom stereocenters. The lowest BCUT2D eigenvalue weighted by molar-refractivity contribution is -0.384. The predicted molar refractivity (Wildman–Crippen MR) is 102 cm³/mol. The van der Waals surface area contributed by atoms with Gasteiger partial charge < -0.3 is 9.47 Å². The van der Waals surface area contributed by atoms with E-state index in [1.807, 2.05) is 24.3 Å². The number of rotatable bonds is 5. The number of thiazole rings is 1. The van der Waals surface area contributed by atoms with Crippen molar-refractivity contribution in [3.8, 4) is 11.5 Å². The molecule has 8 heteroatoms. The SMILES string of the molecule is COc1cc(Br)c(/C=C/c2nc3cc([N+](=O)[O-])ccc3s2)cc1OC. The van der Waals surface area contributed by atoms with Crippen LogP contribution >= 0.6 is 27.3 Å². The Morgan fingerprint density at radius 1 is 1.16 bits per heavy atom. The van der Waals surface area contributed by atoms with Crippen LogP contribution in [-0.2, 0) is 0 Å². The second-order valence-corrected chi connectivity index (χ2v) is 6.94. The van der Waals surface area contributed by atoms with Gasteiger partial charge in [-0.25, -0.2) is 4.98 Å². The number of hydrogen-bond acceptors (Lipinski definition) is 6. The van der Waals surface area contributed by atoms with Crippen LogP contribution in [0.4, 0.5) is 5.69 Å². The molecule has 0 aliphatic rings. The van der Waals surface area contributed by atoms with Crippen molar-refractivity contribution in [2.24, 2.45) is 0 Å². The quantitative estimate of drug-likeness (QED) is 0.421. The minimum Gasteiger partial charge on any atom is -0.493 e. The second-order valence-electron chi connectivity index (χ2n) is 5.02. The zero-order valence-corrected chi connectivity index (χ0v) is 15.8. The van der Waals surface area contributed by atoms with Crippen molar-refractivity contribution in [3.63, 3.8) is 0 Å². The van der Waals surface area contributed by atoms with Crippen molar-refractivity contribution in [2.75, 3.05) is 14.2 Å². The smallest absolute Gasteiger partial charge is 0.271 e. The highest BCUT2D eigenvalue weighted by Gasteiger charge is 2.10. The third-order valence-corrected chi connectivity index (χ3v) is 5.20. The maximum atomic E-state index is 10.9. The molecule has 0 N–H and O–H groups in total. The number of ether oxygens (including phenoxy) is 2. The Labute approximate surface area is 156 Å². The fraction of sp³-hybridized carbons (Fsp3) is 0.118. The summed E-state index contributed by atoms with van der Waals surface area (Å²) in [4.78, 5) is 14.9. The molecule has 0 radical (unpaired) electrons. The van der Waals surface area contributed by atoms with Gasteiger partial charge in [0.2, 0.25) is 0 Å². The van der Waals surface area contributed by atoms with Gasteiger partial charge in [-0.05, 0) is 29.8 Å². The van der Waals surface area contributed by atoms with Crippen LogP contribution in [0.15, 0.2) is 34.8 Å². The zero-order chi connectivity index (χ0) is 18.0. The van der Waals surface area contributed by atoms with Crippen LogP contribution in [-0.4, -0.2) is 24.1 Å². The molecular weight excluding hydrogens is 408 g/mol. The van der Waals surface area contributed by atoms with Gasteiger partial charge in [-0.15, -0.1) is 11.3 Å². The van der Waals surface area contributed by atoms with Crippen LogP contribution in [0.1, 0.15) is 10.6 Å². The summed E-state index contributed by atoms with van der Waals surface area (Å²) < 4.78 is 12.3. The van der Waals surface area contributed by atoms with Gasteiger partial charge in [0.25, 0.3) is 5.69 Å². The van der Waals surface area contributed by atoms with Crippen LogP contribution in [0, 0.1) is 10.1 Å². The Kier molecular flexibility index (Phi) is 5.00. The lowest BCUT2D eigenvalue weighted by Crippen LogP contribution is -1.91. The number of nitrogens with zero attached hydrogens (tertiary/aromatic N) is 2. The van der Waals surface area contributed by atoms with Crippen molar-refractivity contribution < 1.29 is 14.4 Å². The van der Waals surface area contributed by atoms with Crippen LogP contribution < -0.4 is 9.47 Å². The molecule has 0 aliphatic carbocycles. The van der Waals surface area contributed by atoms with E-state index < -0.39 is 4.92 Å². The molecule has 0 amide bonds. The van der Waals surface area contributed by atoms with Gasteiger partial charge >= 0.3 is 0 Å². The monoisotopic (exact) mass is 420 g/mol. The van der Waals surface area contributed by atoms with E-state index in [1.54, 1.807) is 20.3 Å². The van der Waals surface area contributed by atoms with Crippen molar-refractivity contribution in [1.82, 2.24) is 4.98 Å². The van der Waals surface area contributed by atoms with E-state index in [9.17, 15) is 10.1 Å². The summed E-state index contributed by atoms with van der Waals surface area (Å²) in [5, 5.41) is 11.6. The molecule has 0 saturated carbocycles. The van der Waals surface area contributed by atoms with E-state index in [1.165, 1.54) is 23.5 Å². The normalized spacial score (nSPS) is 11.2. The molecule has 0 bridgehead atoms. The van der Waals surface area contributed by atoms with Gasteiger partial charge in [-0.1, -0.05) is 22.0 Å². The standard InChI is InChI=1S/C17H13BrN2O4S/c1-23-14-7-10(12(18)9-15(14)24-2)3-6-17-19-13-8-11(20(21)22)4-5-16(13)25-17/h3-9H,1-2H3/b6-3+. The van der Waals surface area contributed by atoms with Crippen LogP contribution in [0.5, 0.6) is 11.5 Å². The highest BCUT2D eigenvalue weighted by atomic mass is 79.9. The zero-order valence-electron chi connectivity index (χ0n) is 13.4. The van der Waals surface area contributed by atoms with E-state index in [-0.39, 0.29) is 5.69 Å². The molecule has 6 nitrogen and oxygen atoms in total. The first-order valence-corrected chi connectivity index (χ1v) is 8.77. The highest BCUT2D eigenvalue weighted by Crippen LogP contribution is 2.34. The molecule has 128 valence electrons. The lowest BCUT2D eigenvalue weighted by Gasteiger charge is -2.09. The minimum absolute atomic E-state index is 0.0379. The number of nitro benzene ring substituents is 1. The van der Waals surface area contributed by atoms with Gasteiger partial charge in [0, 0.05) is 16.6 Å². The number of aromatic nitrogens is 1. The van der Waals surface area contributed by atoms with Gasteiger partial charge in [-0.2, -0.15) is 0 Å². The predicted octanol–water partition coefficient (Wildman–Crippen LogP) is 5.15. The van der Waals surface area contributed by atoms with E-state index in [2.05, 4.69) is 20.9 Å². The van der Waals surface area contributed by atoms with Gasteiger partial charge in [0.1, 0.15) is 5.01 Å². The third kappa shape index (κ3) is 3.64. The van der Waals surface area contributed by atoms with E-state index in [0.29, 0.717) is 17.0 Å². The molecule has 0 aliphatic heterocycles. The highest BCUT2D eigenvalue weighted by molar-refractivity contribution is 9.10. The van der Waals surface area contributed by atoms with Gasteiger partial charge in [-0.3, -0.25) is 10.1 Å². The van der Waals surface area contributed by atoms with E-state index in [4.69, 9.17) is 9.47 Å². The van der Waals surface area contributed by atoms with Crippen LogP contribution in [0.2, 0.25) is 0 Å². The molecule has 0 atom stereocenters. The van der Waals surface area contributed by atoms with Crippen molar-refractivity contribution in [2.45, 2.75) is 0 Å². The fourth-order valence-electron chi connectivity index (χ4n) is 2.28. The number of non-ortho nitro benzene ring substituents is 1. The Morgan fingerprint density at radius 3 is 2.56 bits per heavy atom. The second kappa shape index (κ2) is 7.20. The van der Waals surface area contributed by atoms with E-state index in [0.717, 1.165) is 19.7 Å². The Balaban J connectivity index is 1.94. The fourth-order valence-corrected chi connectivity index (χ4v) is 3.58. The van der Waals surface area contributed by atoms with Gasteiger partial charge in [0.15, 0.2) is 11.5 Å². The molecule has 25 heavy (non-hydrogen) atoms. The summed E-state index contributed by atoms with van der Waals surface area (Å²) in [5.41, 5.74) is 1.56. The van der Waals surface area contributed by atoms with Crippen LogP contribution in [0.25, 0.3) is 22.4 Å². The Bertz CT molecular complexity index is 984. The summed E-state index contributed by atoms with van der Waals surface area (Å²) in [6.07, 6.45) is 3.76. The lowest BCUT2D eigenvalue weighted by atomic mass is 10.2. The van der Waals surface area contributed by atoms with Crippen molar-refractivity contribution >= 4 is 55.3 Å². The third-order valence-electron chi connectivity index (χ3n) is 3.51. The first kappa shape index (κ1) is 17.4. The molecule has 3 rings (SSSR count). The van der Waals surface area contributed by atoms with Crippen molar-refractivity contribution in [1.29, 1.82) is 0 Å². The summed E-state index contributed by atoms with van der Waals surface area (Å²) in [7, 11) is 3.17. The van der Waals surface area contributed by atoms with Crippen molar-refractivity contribution in [3.05, 3.63) is 55.5 Å². The molecule has 3 aromatic rings. The van der Waals surface area contributed by atoms with E-state index >= 15 is 0 Å². The Morgan fingerprint density at radius 2 is 1.88 bits per heavy atom. The molecule has 0 fully saturated rings. The summed E-state index contributed by atoms with van der Waals surface area (Å²) in [6.45, 7) is 0. The number of halogens is 1. The molecule has 0 saturated heterocycles. The maximum absolute atomic E-state index is 10.9. The number of hydrogen-bond donors (Lipinski definition) is 0. The molecule has 0 spiro atoms. The summed E-state index contributed by atoms with van der Waals surface area (Å²) in [6, 6.07) is 8.38. The minimum atomic E-state index is -0.422. The topological polar surface area (TPSA) is 74.5 Å². The van der Waals surface area contributed by atoms with Gasteiger partial charge in [0.05, 0.1) is 29.4 Å². The number of benzene rings is 2. The average Bonchev–Trinajstić information content (AvgIpc) is 3.02. The largest absolute Gasteiger partial charge is 0.493 e. The number of nitro groups is 1. The van der Waals surface area contributed by atoms with Crippen LogP contribution in [0.3, 0.4) is 0 Å². The first-order valence-electron chi connectivity index (χ1n) is 7.16. The number of fused-ring (bicyclic) bond motifs is 1. The average molecular weight is 421 g/mol. The first-order chi connectivity index (χ1) is 12.0. The molecular formula is C17H13BrN2O4S. The Hall–Kier alpha value is -2.45. The maximum Gasteiger partial charge on any atom is 0.271 e. The summed E-state index contributed by atoms with van der Waals surface area (Å²) >= 11 is 4.97. The molecule has 1 heterocycles.